The molecule has 5 atom stereocenters. The van der Waals surface area contributed by atoms with Crippen LogP contribution in [0.5, 0.6) is 0 Å². The van der Waals surface area contributed by atoms with Crippen molar-refractivity contribution in [3.05, 3.63) is 0 Å². The predicted octanol–water partition coefficient (Wildman–Crippen LogP) is 3.90. The molecule has 0 aliphatic heterocycles. The van der Waals surface area contributed by atoms with Gasteiger partial charge in [0.2, 0.25) is 0 Å². The van der Waals surface area contributed by atoms with Crippen LogP contribution in [0.15, 0.2) is 0 Å². The van der Waals surface area contributed by atoms with E-state index >= 15 is 0 Å². The molecule has 3 heteroatoms. The summed E-state index contributed by atoms with van der Waals surface area (Å²) in [7, 11) is 0. The van der Waals surface area contributed by atoms with E-state index in [1.165, 1.54) is 12.8 Å². The first-order valence-corrected chi connectivity index (χ1v) is 8.64. The van der Waals surface area contributed by atoms with Crippen LogP contribution in [-0.4, -0.2) is 18.1 Å². The third-order valence-corrected chi connectivity index (χ3v) is 6.67. The third-order valence-electron chi connectivity index (χ3n) is 6.67. The zero-order valence-electron chi connectivity index (χ0n) is 14.4. The van der Waals surface area contributed by atoms with E-state index < -0.39 is 0 Å². The van der Waals surface area contributed by atoms with Crippen molar-refractivity contribution >= 4 is 5.97 Å². The molecule has 21 heavy (non-hydrogen) atoms. The lowest BCUT2D eigenvalue weighted by atomic mass is 9.70. The quantitative estimate of drug-likeness (QED) is 0.756. The van der Waals surface area contributed by atoms with Gasteiger partial charge in [-0.25, -0.2) is 0 Å². The van der Waals surface area contributed by atoms with Crippen molar-refractivity contribution in [2.75, 3.05) is 0 Å². The number of esters is 1. The van der Waals surface area contributed by atoms with Crippen LogP contribution in [0.3, 0.4) is 0 Å². The van der Waals surface area contributed by atoms with Crippen LogP contribution in [0.2, 0.25) is 0 Å². The van der Waals surface area contributed by atoms with E-state index in [1.807, 2.05) is 13.8 Å². The Morgan fingerprint density at radius 1 is 1.29 bits per heavy atom. The Morgan fingerprint density at radius 2 is 1.95 bits per heavy atom. The largest absolute Gasteiger partial charge is 0.462 e. The first-order valence-electron chi connectivity index (χ1n) is 8.64. The molecule has 0 heterocycles. The van der Waals surface area contributed by atoms with Gasteiger partial charge in [0.25, 0.3) is 0 Å². The van der Waals surface area contributed by atoms with Crippen LogP contribution in [0.25, 0.3) is 0 Å². The fourth-order valence-corrected chi connectivity index (χ4v) is 4.43. The molecule has 0 spiro atoms. The van der Waals surface area contributed by atoms with Crippen LogP contribution >= 0.6 is 0 Å². The zero-order valence-corrected chi connectivity index (χ0v) is 14.4. The SMILES string of the molecule is CC(N)CCCC(C)C(=O)OC1CC2CCC1(C)C2(C)C. The molecule has 2 N–H and O–H groups in total. The Balaban J connectivity index is 1.87. The summed E-state index contributed by atoms with van der Waals surface area (Å²) in [5, 5.41) is 0. The second-order valence-electron chi connectivity index (χ2n) is 8.35. The highest BCUT2D eigenvalue weighted by molar-refractivity contribution is 5.72. The minimum atomic E-state index is -0.00532. The zero-order chi connectivity index (χ0) is 15.8. The number of hydrogen-bond acceptors (Lipinski definition) is 3. The number of fused-ring (bicyclic) bond motifs is 2. The van der Waals surface area contributed by atoms with Crippen molar-refractivity contribution in [3.8, 4) is 0 Å². The summed E-state index contributed by atoms with van der Waals surface area (Å²) in [6, 6.07) is 0.221. The summed E-state index contributed by atoms with van der Waals surface area (Å²) in [5.41, 5.74) is 6.23. The summed E-state index contributed by atoms with van der Waals surface area (Å²) < 4.78 is 5.93. The molecule has 0 aromatic heterocycles. The van der Waals surface area contributed by atoms with Gasteiger partial charge in [0, 0.05) is 11.5 Å². The van der Waals surface area contributed by atoms with Gasteiger partial charge in [0.1, 0.15) is 6.10 Å². The van der Waals surface area contributed by atoms with Gasteiger partial charge < -0.3 is 10.5 Å². The maximum atomic E-state index is 12.4. The summed E-state index contributed by atoms with van der Waals surface area (Å²) in [5.74, 6) is 0.706. The molecule has 2 aliphatic carbocycles. The van der Waals surface area contributed by atoms with Crippen molar-refractivity contribution in [3.63, 3.8) is 0 Å². The minimum Gasteiger partial charge on any atom is -0.462 e. The molecule has 2 fully saturated rings. The highest BCUT2D eigenvalue weighted by Gasteiger charge is 2.62. The van der Waals surface area contributed by atoms with Gasteiger partial charge in [0.05, 0.1) is 5.92 Å². The van der Waals surface area contributed by atoms with Crippen LogP contribution in [0.1, 0.15) is 73.1 Å². The van der Waals surface area contributed by atoms with E-state index in [2.05, 4.69) is 20.8 Å². The molecule has 0 aromatic carbocycles. The van der Waals surface area contributed by atoms with E-state index in [-0.39, 0.29) is 29.4 Å². The second-order valence-corrected chi connectivity index (χ2v) is 8.35. The van der Waals surface area contributed by atoms with Gasteiger partial charge in [-0.05, 0) is 50.4 Å². The lowest BCUT2D eigenvalue weighted by molar-refractivity contribution is -0.161. The van der Waals surface area contributed by atoms with Gasteiger partial charge in [-0.2, -0.15) is 0 Å². The molecular weight excluding hydrogens is 262 g/mol. The molecule has 2 rings (SSSR count). The summed E-state index contributed by atoms with van der Waals surface area (Å²) in [6.45, 7) is 11.0. The molecule has 2 aliphatic rings. The topological polar surface area (TPSA) is 52.3 Å². The van der Waals surface area contributed by atoms with Gasteiger partial charge >= 0.3 is 5.97 Å². The molecule has 0 saturated heterocycles. The standard InChI is InChI=1S/C18H33NO2/c1-12(7-6-8-13(2)19)16(20)21-15-11-14-9-10-18(15,5)17(14,3)4/h12-15H,6-11,19H2,1-5H3. The third kappa shape index (κ3) is 2.99. The Labute approximate surface area is 130 Å². The summed E-state index contributed by atoms with van der Waals surface area (Å²) in [6.07, 6.45) is 6.54. The summed E-state index contributed by atoms with van der Waals surface area (Å²) in [4.78, 5) is 12.4. The van der Waals surface area contributed by atoms with Crippen LogP contribution < -0.4 is 5.73 Å². The fourth-order valence-electron chi connectivity index (χ4n) is 4.43. The highest BCUT2D eigenvalue weighted by atomic mass is 16.5. The minimum absolute atomic E-state index is 0.00501. The van der Waals surface area contributed by atoms with Crippen molar-refractivity contribution in [2.24, 2.45) is 28.4 Å². The molecule has 0 aromatic rings. The van der Waals surface area contributed by atoms with Crippen molar-refractivity contribution in [1.82, 2.24) is 0 Å². The Hall–Kier alpha value is -0.570. The van der Waals surface area contributed by atoms with Gasteiger partial charge in [-0.15, -0.1) is 0 Å². The van der Waals surface area contributed by atoms with Crippen LogP contribution in [0, 0.1) is 22.7 Å². The average molecular weight is 295 g/mol. The van der Waals surface area contributed by atoms with E-state index in [0.29, 0.717) is 11.3 Å². The normalized spacial score (nSPS) is 36.5. The molecule has 2 saturated carbocycles. The maximum Gasteiger partial charge on any atom is 0.308 e. The maximum absolute atomic E-state index is 12.4. The lowest BCUT2D eigenvalue weighted by Crippen LogP contribution is -2.39. The number of carbonyl (C=O) groups excluding carboxylic acids is 1. The van der Waals surface area contributed by atoms with E-state index in [9.17, 15) is 4.79 Å². The molecule has 3 nitrogen and oxygen atoms in total. The monoisotopic (exact) mass is 295 g/mol. The van der Waals surface area contributed by atoms with Crippen LogP contribution in [-0.2, 0) is 9.53 Å². The van der Waals surface area contributed by atoms with E-state index in [1.54, 1.807) is 0 Å². The van der Waals surface area contributed by atoms with Gasteiger partial charge in [0.15, 0.2) is 0 Å². The molecule has 0 amide bonds. The number of nitrogens with two attached hydrogens (primary N) is 1. The average Bonchev–Trinajstić information content (AvgIpc) is 2.71. The Kier molecular flexibility index (Phi) is 4.72. The fraction of sp³-hybridized carbons (Fsp3) is 0.944. The number of rotatable bonds is 6. The first-order chi connectivity index (χ1) is 9.68. The molecule has 0 radical (unpaired) electrons. The molecule has 122 valence electrons. The van der Waals surface area contributed by atoms with Crippen molar-refractivity contribution in [1.29, 1.82) is 0 Å². The number of ether oxygens (including phenoxy) is 1. The Morgan fingerprint density at radius 3 is 2.43 bits per heavy atom. The predicted molar refractivity (Wildman–Crippen MR) is 85.8 cm³/mol. The first kappa shape index (κ1) is 16.8. The highest BCUT2D eigenvalue weighted by Crippen LogP contribution is 2.66. The van der Waals surface area contributed by atoms with E-state index in [4.69, 9.17) is 10.5 Å². The van der Waals surface area contributed by atoms with E-state index in [0.717, 1.165) is 25.7 Å². The van der Waals surface area contributed by atoms with Crippen LogP contribution in [0.4, 0.5) is 0 Å². The number of carbonyl (C=O) groups is 1. The van der Waals surface area contributed by atoms with Gasteiger partial charge in [-0.1, -0.05) is 34.1 Å². The van der Waals surface area contributed by atoms with Gasteiger partial charge in [-0.3, -0.25) is 4.79 Å². The molecular formula is C18H33NO2. The molecule has 5 unspecified atom stereocenters. The lowest BCUT2D eigenvalue weighted by Gasteiger charge is -2.38. The molecule has 2 bridgehead atoms. The summed E-state index contributed by atoms with van der Waals surface area (Å²) >= 11 is 0. The smallest absolute Gasteiger partial charge is 0.308 e. The van der Waals surface area contributed by atoms with Crippen molar-refractivity contribution < 1.29 is 9.53 Å². The number of hydrogen-bond donors (Lipinski definition) is 1. The second kappa shape index (κ2) is 5.91. The Bertz CT molecular complexity index is 391. The van der Waals surface area contributed by atoms with Crippen molar-refractivity contribution in [2.45, 2.75) is 85.3 Å².